The maximum absolute atomic E-state index is 12.7. The van der Waals surface area contributed by atoms with Gasteiger partial charge in [-0.2, -0.15) is 0 Å². The molecule has 8 heteroatoms. The Balaban J connectivity index is 1.58. The van der Waals surface area contributed by atoms with E-state index in [1.54, 1.807) is 24.3 Å². The molecule has 0 radical (unpaired) electrons. The lowest BCUT2D eigenvalue weighted by Crippen LogP contribution is -2.40. The molecule has 0 aliphatic carbocycles. The van der Waals surface area contributed by atoms with E-state index < -0.39 is 18.6 Å². The van der Waals surface area contributed by atoms with Crippen LogP contribution in [0.5, 0.6) is 0 Å². The Morgan fingerprint density at radius 3 is 2.34 bits per heavy atom. The van der Waals surface area contributed by atoms with Crippen molar-refractivity contribution in [3.05, 3.63) is 64.7 Å². The van der Waals surface area contributed by atoms with Crippen LogP contribution in [-0.4, -0.2) is 42.8 Å². The van der Waals surface area contributed by atoms with Gasteiger partial charge in [0.25, 0.3) is 5.91 Å². The fourth-order valence-corrected chi connectivity index (χ4v) is 3.36. The zero-order valence-electron chi connectivity index (χ0n) is 18.0. The quantitative estimate of drug-likeness (QED) is 0.352. The third-order valence-corrected chi connectivity index (χ3v) is 5.67. The second-order valence-electron chi connectivity index (χ2n) is 7.80. The average Bonchev–Trinajstić information content (AvgIpc) is 3.09. The monoisotopic (exact) mass is 456 g/mol. The predicted molar refractivity (Wildman–Crippen MR) is 121 cm³/mol. The Bertz CT molecular complexity index is 1000. The van der Waals surface area contributed by atoms with Gasteiger partial charge in [-0.1, -0.05) is 31.9 Å². The van der Waals surface area contributed by atoms with Gasteiger partial charge in [0.15, 0.2) is 12.4 Å². The first-order valence-corrected chi connectivity index (χ1v) is 10.8. The van der Waals surface area contributed by atoms with E-state index in [-0.39, 0.29) is 29.6 Å². The van der Waals surface area contributed by atoms with Crippen molar-refractivity contribution in [3.63, 3.8) is 0 Å². The largest absolute Gasteiger partial charge is 0.454 e. The zero-order valence-corrected chi connectivity index (χ0v) is 18.7. The van der Waals surface area contributed by atoms with Crippen molar-refractivity contribution in [3.8, 4) is 0 Å². The number of nitrogens with one attached hydrogen (secondary N) is 1. The molecule has 1 fully saturated rings. The number of hydrogen-bond acceptors (Lipinski definition) is 6. The molecular formula is C24H25ClN2O5. The molecule has 168 valence electrons. The standard InChI is InChI=1S/C24H25ClN2O5/c1-3-15(2)13-26-20-12-22(29)27(23(20)30)19-10-6-17(7-11-19)24(31)32-14-21(28)16-4-8-18(25)9-5-16/h4-11,15,20,26H,3,12-14H2,1-2H3. The molecule has 1 saturated heterocycles. The molecular weight excluding hydrogens is 432 g/mol. The highest BCUT2D eigenvalue weighted by Gasteiger charge is 2.39. The molecule has 1 heterocycles. The van der Waals surface area contributed by atoms with E-state index in [1.807, 2.05) is 0 Å². The number of carbonyl (C=O) groups excluding carboxylic acids is 4. The van der Waals surface area contributed by atoms with Gasteiger partial charge in [0.05, 0.1) is 23.7 Å². The number of hydrogen-bond donors (Lipinski definition) is 1. The number of Topliss-reactive ketones (excluding diaryl/α,β-unsaturated/α-hetero) is 1. The van der Waals surface area contributed by atoms with Crippen LogP contribution in [0.15, 0.2) is 48.5 Å². The van der Waals surface area contributed by atoms with Crippen molar-refractivity contribution in [1.29, 1.82) is 0 Å². The third-order valence-electron chi connectivity index (χ3n) is 5.42. The number of imide groups is 1. The third kappa shape index (κ3) is 5.60. The van der Waals surface area contributed by atoms with Crippen LogP contribution in [0.2, 0.25) is 5.02 Å². The molecule has 0 bridgehead atoms. The zero-order chi connectivity index (χ0) is 23.3. The molecule has 2 unspecified atom stereocenters. The summed E-state index contributed by atoms with van der Waals surface area (Å²) < 4.78 is 5.09. The number of amides is 2. The van der Waals surface area contributed by atoms with Crippen LogP contribution in [0.1, 0.15) is 47.4 Å². The van der Waals surface area contributed by atoms with Gasteiger partial charge in [-0.05, 0) is 61.0 Å². The van der Waals surface area contributed by atoms with Crippen LogP contribution < -0.4 is 10.2 Å². The second kappa shape index (κ2) is 10.5. The van der Waals surface area contributed by atoms with Gasteiger partial charge in [-0.15, -0.1) is 0 Å². The van der Waals surface area contributed by atoms with Crippen LogP contribution in [0.3, 0.4) is 0 Å². The first kappa shape index (κ1) is 23.6. The van der Waals surface area contributed by atoms with E-state index >= 15 is 0 Å². The molecule has 0 saturated carbocycles. The molecule has 1 aliphatic rings. The highest BCUT2D eigenvalue weighted by atomic mass is 35.5. The minimum atomic E-state index is -0.675. The van der Waals surface area contributed by atoms with E-state index in [0.717, 1.165) is 11.3 Å². The second-order valence-corrected chi connectivity index (χ2v) is 8.24. The number of ether oxygens (including phenoxy) is 1. The van der Waals surface area contributed by atoms with Gasteiger partial charge in [-0.25, -0.2) is 9.69 Å². The van der Waals surface area contributed by atoms with E-state index in [4.69, 9.17) is 16.3 Å². The summed E-state index contributed by atoms with van der Waals surface area (Å²) in [5, 5.41) is 3.67. The maximum Gasteiger partial charge on any atom is 0.338 e. The lowest BCUT2D eigenvalue weighted by atomic mass is 10.1. The maximum atomic E-state index is 12.7. The highest BCUT2D eigenvalue weighted by molar-refractivity contribution is 6.30. The number of ketones is 1. The number of benzene rings is 2. The van der Waals surface area contributed by atoms with E-state index in [9.17, 15) is 19.2 Å². The Labute approximate surface area is 191 Å². The summed E-state index contributed by atoms with van der Waals surface area (Å²) in [7, 11) is 0. The summed E-state index contributed by atoms with van der Waals surface area (Å²) in [6.07, 6.45) is 1.08. The average molecular weight is 457 g/mol. The normalized spacial score (nSPS) is 16.8. The van der Waals surface area contributed by atoms with Crippen LogP contribution in [0.25, 0.3) is 0 Å². The Morgan fingerprint density at radius 2 is 1.72 bits per heavy atom. The Morgan fingerprint density at radius 1 is 1.09 bits per heavy atom. The number of nitrogens with zero attached hydrogens (tertiary/aromatic N) is 1. The molecule has 2 amide bonds. The van der Waals surface area contributed by atoms with Crippen LogP contribution in [0.4, 0.5) is 5.69 Å². The van der Waals surface area contributed by atoms with E-state index in [0.29, 0.717) is 28.7 Å². The van der Waals surface area contributed by atoms with Crippen molar-refractivity contribution >= 4 is 40.9 Å². The highest BCUT2D eigenvalue weighted by Crippen LogP contribution is 2.24. The summed E-state index contributed by atoms with van der Waals surface area (Å²) in [5.74, 6) is -1.21. The van der Waals surface area contributed by atoms with Gasteiger partial charge in [0, 0.05) is 10.6 Å². The summed E-state index contributed by atoms with van der Waals surface area (Å²) in [5.41, 5.74) is 0.991. The Kier molecular flexibility index (Phi) is 7.77. The smallest absolute Gasteiger partial charge is 0.338 e. The van der Waals surface area contributed by atoms with Gasteiger partial charge in [0.1, 0.15) is 0 Å². The van der Waals surface area contributed by atoms with Gasteiger partial charge in [0.2, 0.25) is 5.91 Å². The number of halogens is 1. The van der Waals surface area contributed by atoms with Crippen molar-refractivity contribution in [2.75, 3.05) is 18.1 Å². The SMILES string of the molecule is CCC(C)CNC1CC(=O)N(c2ccc(C(=O)OCC(=O)c3ccc(Cl)cc3)cc2)C1=O. The van der Waals surface area contributed by atoms with Crippen molar-refractivity contribution in [2.45, 2.75) is 32.7 Å². The first-order valence-electron chi connectivity index (χ1n) is 10.5. The number of anilines is 1. The summed E-state index contributed by atoms with van der Waals surface area (Å²) in [6, 6.07) is 11.7. The van der Waals surface area contributed by atoms with Crippen molar-refractivity contribution < 1.29 is 23.9 Å². The minimum absolute atomic E-state index is 0.103. The molecule has 2 atom stereocenters. The summed E-state index contributed by atoms with van der Waals surface area (Å²) >= 11 is 5.80. The lowest BCUT2D eigenvalue weighted by molar-refractivity contribution is -0.121. The topological polar surface area (TPSA) is 92.8 Å². The van der Waals surface area contributed by atoms with Gasteiger partial charge < -0.3 is 10.1 Å². The number of carbonyl (C=O) groups is 4. The van der Waals surface area contributed by atoms with Crippen molar-refractivity contribution in [2.24, 2.45) is 5.92 Å². The molecule has 0 spiro atoms. The van der Waals surface area contributed by atoms with Crippen LogP contribution in [0, 0.1) is 5.92 Å². The number of rotatable bonds is 9. The van der Waals surface area contributed by atoms with Crippen LogP contribution >= 0.6 is 11.6 Å². The molecule has 1 N–H and O–H groups in total. The fraction of sp³-hybridized carbons (Fsp3) is 0.333. The van der Waals surface area contributed by atoms with Crippen molar-refractivity contribution in [1.82, 2.24) is 5.32 Å². The van der Waals surface area contributed by atoms with E-state index in [2.05, 4.69) is 19.2 Å². The lowest BCUT2D eigenvalue weighted by Gasteiger charge is -2.17. The molecule has 3 rings (SSSR count). The molecule has 2 aromatic carbocycles. The van der Waals surface area contributed by atoms with Crippen LogP contribution in [-0.2, 0) is 14.3 Å². The molecule has 0 aromatic heterocycles. The first-order chi connectivity index (χ1) is 15.3. The summed E-state index contributed by atoms with van der Waals surface area (Å²) in [4.78, 5) is 50.6. The Hall–Kier alpha value is -3.03. The summed E-state index contributed by atoms with van der Waals surface area (Å²) in [6.45, 7) is 4.40. The minimum Gasteiger partial charge on any atom is -0.454 e. The predicted octanol–water partition coefficient (Wildman–Crippen LogP) is 3.65. The van der Waals surface area contributed by atoms with Gasteiger partial charge >= 0.3 is 5.97 Å². The van der Waals surface area contributed by atoms with Gasteiger partial charge in [-0.3, -0.25) is 14.4 Å². The van der Waals surface area contributed by atoms with E-state index in [1.165, 1.54) is 24.3 Å². The molecule has 2 aromatic rings. The molecule has 32 heavy (non-hydrogen) atoms. The number of esters is 1. The fourth-order valence-electron chi connectivity index (χ4n) is 3.23. The molecule has 7 nitrogen and oxygen atoms in total. The molecule has 1 aliphatic heterocycles.